The molecule has 0 spiro atoms. The highest BCUT2D eigenvalue weighted by atomic mass is 16.5. The molecule has 1 aromatic heterocycles. The minimum Gasteiger partial charge on any atom is -0.497 e. The lowest BCUT2D eigenvalue weighted by molar-refractivity contribution is 0.0773. The number of benzene rings is 3. The summed E-state index contributed by atoms with van der Waals surface area (Å²) in [5.41, 5.74) is 2.23. The van der Waals surface area contributed by atoms with Gasteiger partial charge in [0.25, 0.3) is 11.5 Å². The van der Waals surface area contributed by atoms with Crippen molar-refractivity contribution in [3.63, 3.8) is 0 Å². The number of nitrogens with zero attached hydrogens (tertiary/aromatic N) is 3. The molecule has 0 unspecified atom stereocenters. The van der Waals surface area contributed by atoms with Crippen molar-refractivity contribution in [3.05, 3.63) is 99.8 Å². The predicted octanol–water partition coefficient (Wildman–Crippen LogP) is 5.00. The third kappa shape index (κ3) is 5.00. The zero-order chi connectivity index (χ0) is 25.7. The molecule has 7 nitrogen and oxygen atoms in total. The van der Waals surface area contributed by atoms with Gasteiger partial charge in [-0.2, -0.15) is 0 Å². The van der Waals surface area contributed by atoms with E-state index in [0.717, 1.165) is 5.56 Å². The van der Waals surface area contributed by atoms with E-state index in [2.05, 4.69) is 4.99 Å². The third-order valence-electron chi connectivity index (χ3n) is 6.20. The number of hydrogen-bond donors (Lipinski definition) is 1. The van der Waals surface area contributed by atoms with E-state index in [1.54, 1.807) is 60.7 Å². The molecule has 0 aliphatic rings. The van der Waals surface area contributed by atoms with Crippen molar-refractivity contribution in [2.24, 2.45) is 4.99 Å². The van der Waals surface area contributed by atoms with Gasteiger partial charge in [0, 0.05) is 35.6 Å². The van der Waals surface area contributed by atoms with Crippen molar-refractivity contribution >= 4 is 28.6 Å². The maximum Gasteiger partial charge on any atom is 0.261 e. The van der Waals surface area contributed by atoms with E-state index in [1.165, 1.54) is 4.57 Å². The van der Waals surface area contributed by atoms with Crippen LogP contribution in [-0.2, 0) is 6.54 Å². The van der Waals surface area contributed by atoms with Crippen LogP contribution in [0.1, 0.15) is 35.3 Å². The van der Waals surface area contributed by atoms with Crippen LogP contribution in [0, 0.1) is 0 Å². The Hall–Kier alpha value is -4.39. The van der Waals surface area contributed by atoms with Crippen LogP contribution in [-0.4, -0.2) is 46.9 Å². The number of ether oxygens (including phenoxy) is 1. The first kappa shape index (κ1) is 24.7. The predicted molar refractivity (Wildman–Crippen MR) is 143 cm³/mol. The van der Waals surface area contributed by atoms with E-state index in [0.29, 0.717) is 46.4 Å². The van der Waals surface area contributed by atoms with Gasteiger partial charge in [0.05, 0.1) is 24.9 Å². The second-order valence-corrected chi connectivity index (χ2v) is 8.30. The first-order valence-corrected chi connectivity index (χ1v) is 11.9. The highest BCUT2D eigenvalue weighted by molar-refractivity contribution is 6.02. The number of aromatic hydroxyl groups is 1. The highest BCUT2D eigenvalue weighted by Gasteiger charge is 2.16. The van der Waals surface area contributed by atoms with Crippen LogP contribution >= 0.6 is 0 Å². The van der Waals surface area contributed by atoms with E-state index in [1.807, 2.05) is 44.2 Å². The summed E-state index contributed by atoms with van der Waals surface area (Å²) in [4.78, 5) is 32.1. The number of rotatable bonds is 8. The molecule has 36 heavy (non-hydrogen) atoms. The number of aromatic nitrogens is 1. The Labute approximate surface area is 209 Å². The van der Waals surface area contributed by atoms with Gasteiger partial charge in [-0.25, -0.2) is 0 Å². The Morgan fingerprint density at radius 1 is 0.972 bits per heavy atom. The quantitative estimate of drug-likeness (QED) is 0.358. The summed E-state index contributed by atoms with van der Waals surface area (Å²) >= 11 is 0. The SMILES string of the molecule is CCN(CC)C(=O)c1ccc(N=Cc2c(O)n(Cc3ccc(OC)cc3)c(=O)c3ccccc23)cc1. The first-order valence-electron chi connectivity index (χ1n) is 11.9. The summed E-state index contributed by atoms with van der Waals surface area (Å²) < 4.78 is 6.55. The highest BCUT2D eigenvalue weighted by Crippen LogP contribution is 2.25. The molecule has 184 valence electrons. The van der Waals surface area contributed by atoms with Crippen LogP contribution < -0.4 is 10.3 Å². The summed E-state index contributed by atoms with van der Waals surface area (Å²) in [6.45, 7) is 5.39. The van der Waals surface area contributed by atoms with E-state index >= 15 is 0 Å². The molecule has 4 rings (SSSR count). The van der Waals surface area contributed by atoms with Gasteiger partial charge in [0.15, 0.2) is 0 Å². The molecule has 4 aromatic rings. The number of carbonyl (C=O) groups is 1. The Kier molecular flexibility index (Phi) is 7.49. The van der Waals surface area contributed by atoms with Crippen molar-refractivity contribution in [1.29, 1.82) is 0 Å². The summed E-state index contributed by atoms with van der Waals surface area (Å²) in [6, 6.07) is 21.5. The molecule has 0 aliphatic carbocycles. The molecule has 3 aromatic carbocycles. The van der Waals surface area contributed by atoms with E-state index in [9.17, 15) is 14.7 Å². The number of amides is 1. The lowest BCUT2D eigenvalue weighted by Gasteiger charge is -2.18. The van der Waals surface area contributed by atoms with Gasteiger partial charge in [-0.1, -0.05) is 30.3 Å². The van der Waals surface area contributed by atoms with E-state index in [-0.39, 0.29) is 23.9 Å². The summed E-state index contributed by atoms with van der Waals surface area (Å²) in [5.74, 6) is 0.530. The zero-order valence-electron chi connectivity index (χ0n) is 20.6. The minimum atomic E-state index is -0.282. The van der Waals surface area contributed by atoms with E-state index in [4.69, 9.17) is 4.74 Å². The molecule has 1 heterocycles. The number of pyridine rings is 1. The van der Waals surface area contributed by atoms with Crippen LogP contribution in [0.15, 0.2) is 82.6 Å². The second kappa shape index (κ2) is 10.9. The molecule has 0 aliphatic heterocycles. The fraction of sp³-hybridized carbons (Fsp3) is 0.207. The van der Waals surface area contributed by atoms with Crippen LogP contribution in [0.4, 0.5) is 5.69 Å². The zero-order valence-corrected chi connectivity index (χ0v) is 20.6. The monoisotopic (exact) mass is 483 g/mol. The van der Waals surface area contributed by atoms with Crippen LogP contribution in [0.5, 0.6) is 11.6 Å². The Morgan fingerprint density at radius 3 is 2.22 bits per heavy atom. The smallest absolute Gasteiger partial charge is 0.261 e. The minimum absolute atomic E-state index is 0.0234. The lowest BCUT2D eigenvalue weighted by Crippen LogP contribution is -2.30. The van der Waals surface area contributed by atoms with Gasteiger partial charge in [-0.05, 0) is 61.9 Å². The Bertz CT molecular complexity index is 1450. The van der Waals surface area contributed by atoms with E-state index < -0.39 is 0 Å². The summed E-state index contributed by atoms with van der Waals surface area (Å²) in [5, 5.41) is 12.2. The average Bonchev–Trinajstić information content (AvgIpc) is 2.92. The normalized spacial score (nSPS) is 11.2. The standard InChI is InChI=1S/C29H29N3O4/c1-4-31(5-2)27(33)21-12-14-22(15-13-21)30-18-26-24-8-6-7-9-25(24)28(34)32(29(26)35)19-20-10-16-23(36-3)17-11-20/h6-18,35H,4-5,19H2,1-3H3. The average molecular weight is 484 g/mol. The molecule has 0 saturated heterocycles. The fourth-order valence-electron chi connectivity index (χ4n) is 4.12. The van der Waals surface area contributed by atoms with Crippen molar-refractivity contribution in [2.75, 3.05) is 20.2 Å². The Morgan fingerprint density at radius 2 is 1.61 bits per heavy atom. The molecule has 1 amide bonds. The maximum atomic E-state index is 13.2. The molecule has 0 saturated carbocycles. The molecule has 7 heteroatoms. The van der Waals surface area contributed by atoms with Gasteiger partial charge < -0.3 is 14.7 Å². The number of aliphatic imine (C=N–C) groups is 1. The molecule has 0 radical (unpaired) electrons. The second-order valence-electron chi connectivity index (χ2n) is 8.30. The van der Waals surface area contributed by atoms with Gasteiger partial charge in [0.2, 0.25) is 5.88 Å². The van der Waals surface area contributed by atoms with Crippen LogP contribution in [0.2, 0.25) is 0 Å². The number of fused-ring (bicyclic) bond motifs is 1. The molecule has 0 fully saturated rings. The number of carbonyl (C=O) groups excluding carboxylic acids is 1. The van der Waals surface area contributed by atoms with Gasteiger partial charge >= 0.3 is 0 Å². The molecule has 0 bridgehead atoms. The molecule has 1 N–H and O–H groups in total. The number of hydrogen-bond acceptors (Lipinski definition) is 5. The topological polar surface area (TPSA) is 84.1 Å². The molecule has 0 atom stereocenters. The summed E-state index contributed by atoms with van der Waals surface area (Å²) in [6.07, 6.45) is 1.56. The first-order chi connectivity index (χ1) is 17.5. The van der Waals surface area contributed by atoms with Crippen LogP contribution in [0.25, 0.3) is 10.8 Å². The number of methoxy groups -OCH3 is 1. The van der Waals surface area contributed by atoms with Crippen molar-refractivity contribution < 1.29 is 14.6 Å². The van der Waals surface area contributed by atoms with Crippen molar-refractivity contribution in [2.45, 2.75) is 20.4 Å². The third-order valence-corrected chi connectivity index (χ3v) is 6.20. The van der Waals surface area contributed by atoms with Crippen LogP contribution in [0.3, 0.4) is 0 Å². The summed E-state index contributed by atoms with van der Waals surface area (Å²) in [7, 11) is 1.59. The van der Waals surface area contributed by atoms with Crippen molar-refractivity contribution in [3.8, 4) is 11.6 Å². The fourth-order valence-corrected chi connectivity index (χ4v) is 4.12. The molecular weight excluding hydrogens is 454 g/mol. The largest absolute Gasteiger partial charge is 0.497 e. The maximum absolute atomic E-state index is 13.2. The Balaban J connectivity index is 1.70. The van der Waals surface area contributed by atoms with Gasteiger partial charge in [-0.3, -0.25) is 19.1 Å². The lowest BCUT2D eigenvalue weighted by atomic mass is 10.1. The van der Waals surface area contributed by atoms with Gasteiger partial charge in [0.1, 0.15) is 5.75 Å². The molecular formula is C29H29N3O4. The van der Waals surface area contributed by atoms with Crippen molar-refractivity contribution in [1.82, 2.24) is 9.47 Å². The van der Waals surface area contributed by atoms with Gasteiger partial charge in [-0.15, -0.1) is 0 Å².